The van der Waals surface area contributed by atoms with Crippen molar-refractivity contribution in [2.75, 3.05) is 4.90 Å². The van der Waals surface area contributed by atoms with Gasteiger partial charge in [0.2, 0.25) is 11.8 Å². The number of anilines is 1. The predicted octanol–water partition coefficient (Wildman–Crippen LogP) is 5.25. The van der Waals surface area contributed by atoms with Gasteiger partial charge in [-0.2, -0.15) is 0 Å². The standard InChI is InChI=1S/C25H22N2O2/c1-2-13-26-16-22(20-9-5-6-10-23(20)26)21-15-24(28)27(25(21)29)19-12-11-17-7-3-4-8-18(17)14-19/h3-12,14,16,21H,2,13,15H2,1H3. The second-order valence-corrected chi connectivity index (χ2v) is 7.65. The second kappa shape index (κ2) is 6.89. The molecule has 1 aliphatic rings. The van der Waals surface area contributed by atoms with Crippen molar-refractivity contribution in [3.63, 3.8) is 0 Å². The van der Waals surface area contributed by atoms with Crippen LogP contribution < -0.4 is 4.90 Å². The summed E-state index contributed by atoms with van der Waals surface area (Å²) in [5, 5.41) is 3.18. The fraction of sp³-hybridized carbons (Fsp3) is 0.200. The van der Waals surface area contributed by atoms with E-state index in [2.05, 4.69) is 23.8 Å². The topological polar surface area (TPSA) is 42.3 Å². The fourth-order valence-electron chi connectivity index (χ4n) is 4.44. The van der Waals surface area contributed by atoms with Crippen LogP contribution in [0.1, 0.15) is 31.2 Å². The number of carbonyl (C=O) groups excluding carboxylic acids is 2. The Balaban J connectivity index is 1.56. The molecule has 1 aliphatic heterocycles. The summed E-state index contributed by atoms with van der Waals surface area (Å²) in [5.41, 5.74) is 2.72. The Hall–Kier alpha value is -3.40. The van der Waals surface area contributed by atoms with Crippen LogP contribution >= 0.6 is 0 Å². The Morgan fingerprint density at radius 1 is 0.931 bits per heavy atom. The zero-order chi connectivity index (χ0) is 20.0. The fourth-order valence-corrected chi connectivity index (χ4v) is 4.44. The third-order valence-corrected chi connectivity index (χ3v) is 5.80. The number of hydrogen-bond acceptors (Lipinski definition) is 2. The SMILES string of the molecule is CCCn1cc(C2CC(=O)N(c3ccc4ccccc4c3)C2=O)c2ccccc21. The van der Waals surface area contributed by atoms with E-state index in [1.807, 2.05) is 60.7 Å². The molecule has 3 aromatic carbocycles. The van der Waals surface area contributed by atoms with Gasteiger partial charge in [0.15, 0.2) is 0 Å². The third kappa shape index (κ3) is 2.83. The molecule has 5 rings (SSSR count). The minimum Gasteiger partial charge on any atom is -0.347 e. The quantitative estimate of drug-likeness (QED) is 0.452. The summed E-state index contributed by atoms with van der Waals surface area (Å²) in [7, 11) is 0. The number of rotatable bonds is 4. The van der Waals surface area contributed by atoms with Gasteiger partial charge in [-0.1, -0.05) is 55.5 Å². The van der Waals surface area contributed by atoms with E-state index in [0.717, 1.165) is 40.2 Å². The van der Waals surface area contributed by atoms with Crippen molar-refractivity contribution >= 4 is 39.2 Å². The molecule has 0 bridgehead atoms. The number of imide groups is 1. The number of para-hydroxylation sites is 1. The number of amides is 2. The molecular weight excluding hydrogens is 360 g/mol. The van der Waals surface area contributed by atoms with E-state index >= 15 is 0 Å². The zero-order valence-electron chi connectivity index (χ0n) is 16.3. The van der Waals surface area contributed by atoms with Crippen molar-refractivity contribution in [3.05, 3.63) is 78.5 Å². The van der Waals surface area contributed by atoms with Gasteiger partial charge in [-0.25, -0.2) is 4.90 Å². The van der Waals surface area contributed by atoms with Gasteiger partial charge >= 0.3 is 0 Å². The van der Waals surface area contributed by atoms with Crippen LogP contribution in [-0.4, -0.2) is 16.4 Å². The molecule has 1 unspecified atom stereocenters. The molecule has 4 aromatic rings. The highest BCUT2D eigenvalue weighted by Crippen LogP contribution is 2.38. The summed E-state index contributed by atoms with van der Waals surface area (Å²) in [5.74, 6) is -0.704. The van der Waals surface area contributed by atoms with Crippen LogP contribution in [0.2, 0.25) is 0 Å². The largest absolute Gasteiger partial charge is 0.347 e. The molecule has 2 amide bonds. The van der Waals surface area contributed by atoms with Crippen LogP contribution in [0.5, 0.6) is 0 Å². The highest BCUT2D eigenvalue weighted by molar-refractivity contribution is 6.23. The Bertz CT molecular complexity index is 1250. The smallest absolute Gasteiger partial charge is 0.241 e. The van der Waals surface area contributed by atoms with Gasteiger partial charge in [0, 0.05) is 30.1 Å². The Kier molecular flexibility index (Phi) is 4.20. The number of hydrogen-bond donors (Lipinski definition) is 0. The summed E-state index contributed by atoms with van der Waals surface area (Å²) in [6.07, 6.45) is 3.29. The van der Waals surface area contributed by atoms with Gasteiger partial charge in [-0.05, 0) is 41.0 Å². The lowest BCUT2D eigenvalue weighted by Crippen LogP contribution is -2.29. The van der Waals surface area contributed by atoms with Crippen LogP contribution in [0.3, 0.4) is 0 Å². The lowest BCUT2D eigenvalue weighted by Gasteiger charge is -2.16. The highest BCUT2D eigenvalue weighted by Gasteiger charge is 2.41. The van der Waals surface area contributed by atoms with Gasteiger partial charge in [0.1, 0.15) is 0 Å². The van der Waals surface area contributed by atoms with Gasteiger partial charge in [0.05, 0.1) is 11.6 Å². The molecule has 1 atom stereocenters. The number of aryl methyl sites for hydroxylation is 1. The minimum atomic E-state index is -0.433. The zero-order valence-corrected chi connectivity index (χ0v) is 16.3. The minimum absolute atomic E-state index is 0.135. The van der Waals surface area contributed by atoms with Crippen LogP contribution in [0.15, 0.2) is 72.9 Å². The summed E-state index contributed by atoms with van der Waals surface area (Å²) < 4.78 is 2.20. The van der Waals surface area contributed by atoms with E-state index in [9.17, 15) is 9.59 Å². The number of aromatic nitrogens is 1. The van der Waals surface area contributed by atoms with Gasteiger partial charge < -0.3 is 4.57 Å². The van der Waals surface area contributed by atoms with Crippen LogP contribution in [0.25, 0.3) is 21.7 Å². The maximum absolute atomic E-state index is 13.4. The average Bonchev–Trinajstić information content (AvgIpc) is 3.25. The molecule has 1 aromatic heterocycles. The Morgan fingerprint density at radius 2 is 1.69 bits per heavy atom. The molecule has 0 spiro atoms. The summed E-state index contributed by atoms with van der Waals surface area (Å²) in [4.78, 5) is 27.6. The van der Waals surface area contributed by atoms with Crippen molar-refractivity contribution in [2.24, 2.45) is 0 Å². The summed E-state index contributed by atoms with van der Waals surface area (Å²) in [6, 6.07) is 21.9. The maximum Gasteiger partial charge on any atom is 0.241 e. The summed E-state index contributed by atoms with van der Waals surface area (Å²) in [6.45, 7) is 3.03. The van der Waals surface area contributed by atoms with Crippen LogP contribution in [0, 0.1) is 0 Å². The molecule has 0 saturated carbocycles. The van der Waals surface area contributed by atoms with Crippen molar-refractivity contribution in [2.45, 2.75) is 32.2 Å². The van der Waals surface area contributed by atoms with Crippen LogP contribution in [0.4, 0.5) is 5.69 Å². The van der Waals surface area contributed by atoms with E-state index in [0.29, 0.717) is 5.69 Å². The first kappa shape index (κ1) is 17.7. The Morgan fingerprint density at radius 3 is 2.52 bits per heavy atom. The first-order valence-corrected chi connectivity index (χ1v) is 10.1. The Labute approximate surface area is 169 Å². The first-order valence-electron chi connectivity index (χ1n) is 10.1. The number of benzene rings is 3. The molecular formula is C25H22N2O2. The summed E-state index contributed by atoms with van der Waals surface area (Å²) >= 11 is 0. The van der Waals surface area contributed by atoms with Crippen LogP contribution in [-0.2, 0) is 16.1 Å². The van der Waals surface area contributed by atoms with E-state index in [1.165, 1.54) is 4.90 Å². The van der Waals surface area contributed by atoms with Gasteiger partial charge in [0.25, 0.3) is 0 Å². The second-order valence-electron chi connectivity index (χ2n) is 7.65. The molecule has 1 saturated heterocycles. The average molecular weight is 382 g/mol. The molecule has 0 aliphatic carbocycles. The number of nitrogens with zero attached hydrogens (tertiary/aromatic N) is 2. The van der Waals surface area contributed by atoms with Gasteiger partial charge in [-0.15, -0.1) is 0 Å². The molecule has 29 heavy (non-hydrogen) atoms. The van der Waals surface area contributed by atoms with E-state index in [4.69, 9.17) is 0 Å². The van der Waals surface area contributed by atoms with Crippen molar-refractivity contribution in [1.29, 1.82) is 0 Å². The molecule has 0 N–H and O–H groups in total. The van der Waals surface area contributed by atoms with E-state index < -0.39 is 5.92 Å². The molecule has 144 valence electrons. The molecule has 1 fully saturated rings. The number of fused-ring (bicyclic) bond motifs is 2. The maximum atomic E-state index is 13.4. The van der Waals surface area contributed by atoms with Crippen molar-refractivity contribution < 1.29 is 9.59 Å². The lowest BCUT2D eigenvalue weighted by atomic mass is 9.97. The molecule has 4 heteroatoms. The third-order valence-electron chi connectivity index (χ3n) is 5.80. The van der Waals surface area contributed by atoms with E-state index in [1.54, 1.807) is 0 Å². The van der Waals surface area contributed by atoms with E-state index in [-0.39, 0.29) is 18.2 Å². The molecule has 0 radical (unpaired) electrons. The number of carbonyl (C=O) groups is 2. The highest BCUT2D eigenvalue weighted by atomic mass is 16.2. The predicted molar refractivity (Wildman–Crippen MR) is 116 cm³/mol. The first-order chi connectivity index (χ1) is 14.2. The monoisotopic (exact) mass is 382 g/mol. The molecule has 4 nitrogen and oxygen atoms in total. The lowest BCUT2D eigenvalue weighted by molar-refractivity contribution is -0.121. The normalized spacial score (nSPS) is 17.0. The van der Waals surface area contributed by atoms with Gasteiger partial charge in [-0.3, -0.25) is 9.59 Å². The molecule has 2 heterocycles. The van der Waals surface area contributed by atoms with Crippen molar-refractivity contribution in [1.82, 2.24) is 4.57 Å². The van der Waals surface area contributed by atoms with Crippen molar-refractivity contribution in [3.8, 4) is 0 Å².